The zero-order valence-electron chi connectivity index (χ0n) is 17.5. The van der Waals surface area contributed by atoms with E-state index in [4.69, 9.17) is 9.47 Å². The molecule has 0 saturated heterocycles. The molecule has 4 rings (SSSR count). The molecule has 2 aromatic rings. The number of carbonyl (C=O) groups is 1. The summed E-state index contributed by atoms with van der Waals surface area (Å²) in [5.41, 5.74) is 2.54. The molecule has 1 aromatic carbocycles. The number of ketones is 1. The predicted molar refractivity (Wildman–Crippen MR) is 117 cm³/mol. The number of hydrogen-bond acceptors (Lipinski definition) is 7. The molecular weight excluding hydrogens is 402 g/mol. The fraction of sp³-hybridized carbons (Fsp3) is 0.409. The van der Waals surface area contributed by atoms with Crippen LogP contribution in [0.2, 0.25) is 0 Å². The maximum absolute atomic E-state index is 13.2. The molecule has 1 aliphatic carbocycles. The highest BCUT2D eigenvalue weighted by Crippen LogP contribution is 2.45. The maximum atomic E-state index is 13.2. The van der Waals surface area contributed by atoms with Gasteiger partial charge in [0.25, 0.3) is 5.56 Å². The zero-order chi connectivity index (χ0) is 21.4. The number of aromatic nitrogens is 2. The molecule has 158 valence electrons. The molecule has 2 heterocycles. The average molecular weight is 428 g/mol. The molecule has 2 N–H and O–H groups in total. The number of ether oxygens (including phenoxy) is 2. The molecule has 8 heteroatoms. The standard InChI is InChI=1S/C22H25N3O4S/c1-11(2)30-22-24-20-19(21(27)25-22)17(18-13(23-20)6-5-7-14(18)26)12-8-9-15(28-3)16(10-12)29-4/h8-11,17H,5-7H2,1-4H3,(H2,23,24,25,27). The number of anilines is 1. The lowest BCUT2D eigenvalue weighted by Crippen LogP contribution is -2.32. The Morgan fingerprint density at radius 3 is 2.60 bits per heavy atom. The second-order valence-electron chi connectivity index (χ2n) is 7.64. The van der Waals surface area contributed by atoms with Crippen molar-refractivity contribution in [3.63, 3.8) is 0 Å². The molecule has 1 aromatic heterocycles. The lowest BCUT2D eigenvalue weighted by Gasteiger charge is -2.33. The normalized spacial score (nSPS) is 18.0. The Hall–Kier alpha value is -2.74. The van der Waals surface area contributed by atoms with Crippen LogP contribution in [0.1, 0.15) is 50.2 Å². The van der Waals surface area contributed by atoms with Crippen LogP contribution < -0.4 is 20.3 Å². The molecule has 1 atom stereocenters. The molecule has 2 aliphatic rings. The fourth-order valence-corrected chi connectivity index (χ4v) is 4.83. The highest BCUT2D eigenvalue weighted by molar-refractivity contribution is 7.99. The van der Waals surface area contributed by atoms with Crippen molar-refractivity contribution in [3.05, 3.63) is 50.9 Å². The van der Waals surface area contributed by atoms with Crippen LogP contribution in [0.4, 0.5) is 5.82 Å². The first-order valence-electron chi connectivity index (χ1n) is 9.99. The fourth-order valence-electron chi connectivity index (χ4n) is 4.09. The van der Waals surface area contributed by atoms with Crippen LogP contribution in [0.3, 0.4) is 0 Å². The van der Waals surface area contributed by atoms with Crippen LogP contribution in [0.15, 0.2) is 39.4 Å². The van der Waals surface area contributed by atoms with Crippen LogP contribution in [-0.2, 0) is 4.79 Å². The van der Waals surface area contributed by atoms with Crippen molar-refractivity contribution >= 4 is 23.4 Å². The second kappa shape index (κ2) is 8.18. The largest absolute Gasteiger partial charge is 0.493 e. The molecule has 1 unspecified atom stereocenters. The minimum Gasteiger partial charge on any atom is -0.493 e. The average Bonchev–Trinajstić information content (AvgIpc) is 2.71. The van der Waals surface area contributed by atoms with Crippen LogP contribution in [0, 0.1) is 0 Å². The first-order valence-corrected chi connectivity index (χ1v) is 10.9. The molecule has 1 aliphatic heterocycles. The molecule has 0 amide bonds. The van der Waals surface area contributed by atoms with Crippen molar-refractivity contribution < 1.29 is 14.3 Å². The third-order valence-corrected chi connectivity index (χ3v) is 6.21. The van der Waals surface area contributed by atoms with E-state index in [9.17, 15) is 9.59 Å². The molecular formula is C22H25N3O4S. The van der Waals surface area contributed by atoms with Crippen LogP contribution in [-0.4, -0.2) is 35.2 Å². The Balaban J connectivity index is 1.93. The van der Waals surface area contributed by atoms with Crippen molar-refractivity contribution in [2.24, 2.45) is 0 Å². The summed E-state index contributed by atoms with van der Waals surface area (Å²) < 4.78 is 10.8. The first kappa shape index (κ1) is 20.5. The topological polar surface area (TPSA) is 93.3 Å². The van der Waals surface area contributed by atoms with E-state index in [1.54, 1.807) is 20.3 Å². The quantitative estimate of drug-likeness (QED) is 0.553. The molecule has 0 saturated carbocycles. The minimum atomic E-state index is -0.502. The van der Waals surface area contributed by atoms with Gasteiger partial charge in [-0.2, -0.15) is 0 Å². The third kappa shape index (κ3) is 3.60. The summed E-state index contributed by atoms with van der Waals surface area (Å²) in [5, 5.41) is 4.14. The van der Waals surface area contributed by atoms with Gasteiger partial charge in [-0.25, -0.2) is 4.98 Å². The van der Waals surface area contributed by atoms with Crippen LogP contribution >= 0.6 is 11.8 Å². The Labute approximate surface area is 179 Å². The molecule has 7 nitrogen and oxygen atoms in total. The number of methoxy groups -OCH3 is 2. The Bertz CT molecular complexity index is 1090. The number of thioether (sulfide) groups is 1. The number of fused-ring (bicyclic) bond motifs is 1. The van der Waals surface area contributed by atoms with Gasteiger partial charge in [-0.1, -0.05) is 31.7 Å². The number of nitrogens with one attached hydrogen (secondary N) is 2. The van der Waals surface area contributed by atoms with Gasteiger partial charge in [0.1, 0.15) is 5.82 Å². The van der Waals surface area contributed by atoms with E-state index in [0.717, 1.165) is 24.1 Å². The number of allylic oxidation sites excluding steroid dienone is 2. The van der Waals surface area contributed by atoms with E-state index in [1.807, 2.05) is 26.0 Å². The van der Waals surface area contributed by atoms with E-state index >= 15 is 0 Å². The number of Topliss-reactive ketones (excluding diaryl/α,β-unsaturated/α-hetero) is 1. The van der Waals surface area contributed by atoms with Gasteiger partial charge >= 0.3 is 0 Å². The van der Waals surface area contributed by atoms with Crippen LogP contribution in [0.5, 0.6) is 11.5 Å². The maximum Gasteiger partial charge on any atom is 0.257 e. The Morgan fingerprint density at radius 2 is 1.90 bits per heavy atom. The van der Waals surface area contributed by atoms with E-state index in [1.165, 1.54) is 11.8 Å². The number of rotatable bonds is 5. The third-order valence-electron chi connectivity index (χ3n) is 5.32. The summed E-state index contributed by atoms with van der Waals surface area (Å²) >= 11 is 1.50. The van der Waals surface area contributed by atoms with Gasteiger partial charge < -0.3 is 19.8 Å². The number of aromatic amines is 1. The summed E-state index contributed by atoms with van der Waals surface area (Å²) in [4.78, 5) is 33.7. The van der Waals surface area contributed by atoms with Crippen molar-refractivity contribution in [1.82, 2.24) is 9.97 Å². The van der Waals surface area contributed by atoms with Gasteiger partial charge in [-0.05, 0) is 30.5 Å². The first-order chi connectivity index (χ1) is 14.4. The van der Waals surface area contributed by atoms with Crippen molar-refractivity contribution in [2.45, 2.75) is 49.4 Å². The number of hydrogen-bond donors (Lipinski definition) is 2. The van der Waals surface area contributed by atoms with Crippen molar-refractivity contribution in [2.75, 3.05) is 19.5 Å². The number of carbonyl (C=O) groups excluding carboxylic acids is 1. The number of nitrogens with zero attached hydrogens (tertiary/aromatic N) is 1. The second-order valence-corrected chi connectivity index (χ2v) is 9.21. The highest BCUT2D eigenvalue weighted by atomic mass is 32.2. The van der Waals surface area contributed by atoms with Gasteiger partial charge in [0, 0.05) is 28.9 Å². The molecule has 0 spiro atoms. The SMILES string of the molecule is COc1ccc(C2C3=C(CCCC3=O)Nc3nc(SC(C)C)[nH]c(=O)c32)cc1OC. The number of H-pyrrole nitrogens is 1. The van der Waals surface area contributed by atoms with Crippen LogP contribution in [0.25, 0.3) is 0 Å². The van der Waals surface area contributed by atoms with Gasteiger partial charge in [0.05, 0.1) is 19.8 Å². The van der Waals surface area contributed by atoms with Gasteiger partial charge in [0.15, 0.2) is 22.4 Å². The van der Waals surface area contributed by atoms with E-state index in [0.29, 0.717) is 40.0 Å². The monoisotopic (exact) mass is 427 g/mol. The Morgan fingerprint density at radius 1 is 1.13 bits per heavy atom. The van der Waals surface area contributed by atoms with Crippen molar-refractivity contribution in [3.8, 4) is 11.5 Å². The molecule has 0 radical (unpaired) electrons. The van der Waals surface area contributed by atoms with Crippen molar-refractivity contribution in [1.29, 1.82) is 0 Å². The summed E-state index contributed by atoms with van der Waals surface area (Å²) in [5.74, 6) is 1.23. The number of benzene rings is 1. The highest BCUT2D eigenvalue weighted by Gasteiger charge is 2.38. The summed E-state index contributed by atoms with van der Waals surface area (Å²) in [6.07, 6.45) is 2.02. The molecule has 0 fully saturated rings. The minimum absolute atomic E-state index is 0.0641. The molecule has 0 bridgehead atoms. The predicted octanol–water partition coefficient (Wildman–Crippen LogP) is 3.85. The summed E-state index contributed by atoms with van der Waals surface area (Å²) in [6.45, 7) is 4.09. The van der Waals surface area contributed by atoms with Gasteiger partial charge in [-0.15, -0.1) is 0 Å². The summed E-state index contributed by atoms with van der Waals surface area (Å²) in [6, 6.07) is 5.51. The smallest absolute Gasteiger partial charge is 0.257 e. The van der Waals surface area contributed by atoms with E-state index < -0.39 is 5.92 Å². The lowest BCUT2D eigenvalue weighted by molar-refractivity contribution is -0.116. The lowest BCUT2D eigenvalue weighted by atomic mass is 9.76. The Kier molecular flexibility index (Phi) is 5.60. The van der Waals surface area contributed by atoms with E-state index in [-0.39, 0.29) is 16.6 Å². The molecule has 30 heavy (non-hydrogen) atoms. The summed E-state index contributed by atoms with van der Waals surface area (Å²) in [7, 11) is 3.14. The zero-order valence-corrected chi connectivity index (χ0v) is 18.3. The van der Waals surface area contributed by atoms with Gasteiger partial charge in [0.2, 0.25) is 0 Å². The van der Waals surface area contributed by atoms with Gasteiger partial charge in [-0.3, -0.25) is 9.59 Å². The van der Waals surface area contributed by atoms with E-state index in [2.05, 4.69) is 15.3 Å².